The Hall–Kier alpha value is -2.08. The van der Waals surface area contributed by atoms with E-state index < -0.39 is 5.97 Å². The first-order valence-electron chi connectivity index (χ1n) is 7.65. The van der Waals surface area contributed by atoms with Gasteiger partial charge in [-0.15, -0.1) is 0 Å². The molecule has 6 heteroatoms. The molecule has 0 aliphatic carbocycles. The van der Waals surface area contributed by atoms with Crippen LogP contribution in [0.25, 0.3) is 5.52 Å². The summed E-state index contributed by atoms with van der Waals surface area (Å²) in [5.74, 6) is 0.0287. The van der Waals surface area contributed by atoms with E-state index in [4.69, 9.17) is 0 Å². The number of nitrogens with zero attached hydrogens (tertiary/aromatic N) is 3. The molecular formula is C16H21N3O3. The van der Waals surface area contributed by atoms with Gasteiger partial charge in [0.2, 0.25) is 0 Å². The molecule has 1 saturated heterocycles. The van der Waals surface area contributed by atoms with Crippen LogP contribution in [0, 0.1) is 0 Å². The van der Waals surface area contributed by atoms with Crippen LogP contribution in [0.5, 0.6) is 5.75 Å². The Morgan fingerprint density at radius 1 is 1.36 bits per heavy atom. The Labute approximate surface area is 129 Å². The zero-order valence-corrected chi connectivity index (χ0v) is 12.9. The molecule has 1 aliphatic rings. The van der Waals surface area contributed by atoms with E-state index in [0.29, 0.717) is 11.6 Å². The van der Waals surface area contributed by atoms with Crippen molar-refractivity contribution >= 4 is 11.5 Å². The Morgan fingerprint density at radius 2 is 2.05 bits per heavy atom. The first-order valence-corrected chi connectivity index (χ1v) is 7.65. The molecule has 2 aromatic heterocycles. The third-order valence-electron chi connectivity index (χ3n) is 4.48. The van der Waals surface area contributed by atoms with Gasteiger partial charge in [0.05, 0.1) is 5.52 Å². The fourth-order valence-electron chi connectivity index (χ4n) is 3.22. The molecule has 0 radical (unpaired) electrons. The first kappa shape index (κ1) is 14.8. The van der Waals surface area contributed by atoms with Crippen molar-refractivity contribution in [1.82, 2.24) is 14.3 Å². The second-order valence-corrected chi connectivity index (χ2v) is 6.17. The summed E-state index contributed by atoms with van der Waals surface area (Å²) in [6.07, 6.45) is 3.64. The average molecular weight is 303 g/mol. The van der Waals surface area contributed by atoms with Crippen LogP contribution in [0.3, 0.4) is 0 Å². The highest BCUT2D eigenvalue weighted by molar-refractivity contribution is 5.94. The maximum Gasteiger partial charge on any atom is 0.356 e. The van der Waals surface area contributed by atoms with Crippen molar-refractivity contribution in [2.75, 3.05) is 13.1 Å². The molecule has 3 heterocycles. The van der Waals surface area contributed by atoms with Crippen molar-refractivity contribution in [2.24, 2.45) is 0 Å². The molecule has 2 N–H and O–H groups in total. The van der Waals surface area contributed by atoms with E-state index in [2.05, 4.69) is 23.7 Å². The monoisotopic (exact) mass is 303 g/mol. The normalized spacial score (nSPS) is 17.4. The van der Waals surface area contributed by atoms with Gasteiger partial charge in [0.25, 0.3) is 0 Å². The van der Waals surface area contributed by atoms with Gasteiger partial charge in [-0.05, 0) is 45.8 Å². The van der Waals surface area contributed by atoms with E-state index in [0.717, 1.165) is 31.8 Å². The molecule has 0 aromatic carbocycles. The van der Waals surface area contributed by atoms with Gasteiger partial charge in [-0.3, -0.25) is 0 Å². The highest BCUT2D eigenvalue weighted by Gasteiger charge is 2.27. The molecule has 0 spiro atoms. The van der Waals surface area contributed by atoms with Gasteiger partial charge in [-0.1, -0.05) is 0 Å². The Balaban J connectivity index is 1.96. The number of rotatable bonds is 3. The number of pyridine rings is 1. The number of hydrogen-bond acceptors (Lipinski definition) is 4. The lowest BCUT2D eigenvalue weighted by Crippen LogP contribution is -2.38. The van der Waals surface area contributed by atoms with Gasteiger partial charge >= 0.3 is 5.97 Å². The zero-order valence-electron chi connectivity index (χ0n) is 12.9. The van der Waals surface area contributed by atoms with Crippen molar-refractivity contribution in [3.8, 4) is 5.75 Å². The minimum atomic E-state index is -1.06. The minimum Gasteiger partial charge on any atom is -0.508 e. The molecule has 2 aromatic rings. The fourth-order valence-corrected chi connectivity index (χ4v) is 3.22. The van der Waals surface area contributed by atoms with Crippen LogP contribution in [-0.4, -0.2) is 49.6 Å². The van der Waals surface area contributed by atoms with Gasteiger partial charge in [-0.2, -0.15) is 0 Å². The van der Waals surface area contributed by atoms with Crippen molar-refractivity contribution in [3.63, 3.8) is 0 Å². The second kappa shape index (κ2) is 5.61. The van der Waals surface area contributed by atoms with Crippen molar-refractivity contribution < 1.29 is 15.0 Å². The highest BCUT2D eigenvalue weighted by Crippen LogP contribution is 2.30. The number of imidazole rings is 1. The molecule has 0 atom stereocenters. The van der Waals surface area contributed by atoms with Crippen LogP contribution < -0.4 is 0 Å². The quantitative estimate of drug-likeness (QED) is 0.910. The Bertz CT molecular complexity index is 700. The number of piperidine rings is 1. The SMILES string of the molecule is CC(C)N1CCC(c2nc(C(=O)O)c3cc(O)ccn23)CC1. The van der Waals surface area contributed by atoms with Gasteiger partial charge in [0, 0.05) is 24.2 Å². The molecule has 3 rings (SSSR count). The van der Waals surface area contributed by atoms with Gasteiger partial charge in [-0.25, -0.2) is 9.78 Å². The number of likely N-dealkylation sites (tertiary alicyclic amines) is 1. The zero-order chi connectivity index (χ0) is 15.9. The smallest absolute Gasteiger partial charge is 0.356 e. The van der Waals surface area contributed by atoms with Crippen LogP contribution in [0.2, 0.25) is 0 Å². The van der Waals surface area contributed by atoms with Crippen LogP contribution in [0.1, 0.15) is 48.9 Å². The van der Waals surface area contributed by atoms with Crippen molar-refractivity contribution in [3.05, 3.63) is 29.8 Å². The van der Waals surface area contributed by atoms with Gasteiger partial charge in [0.15, 0.2) is 5.69 Å². The van der Waals surface area contributed by atoms with Crippen LogP contribution in [-0.2, 0) is 0 Å². The first-order chi connectivity index (χ1) is 10.5. The molecule has 0 bridgehead atoms. The topological polar surface area (TPSA) is 78.1 Å². The summed E-state index contributed by atoms with van der Waals surface area (Å²) in [6.45, 7) is 6.38. The highest BCUT2D eigenvalue weighted by atomic mass is 16.4. The standard InChI is InChI=1S/C16H21N3O3/c1-10(2)18-6-3-11(4-7-18)15-17-14(16(21)22)13-9-12(20)5-8-19(13)15/h5,8-11,20H,3-4,6-7H2,1-2H3,(H,21,22). The van der Waals surface area contributed by atoms with Crippen LogP contribution in [0.15, 0.2) is 18.3 Å². The van der Waals surface area contributed by atoms with E-state index in [9.17, 15) is 15.0 Å². The summed E-state index contributed by atoms with van der Waals surface area (Å²) in [6, 6.07) is 3.56. The minimum absolute atomic E-state index is 0.0113. The third-order valence-corrected chi connectivity index (χ3v) is 4.48. The van der Waals surface area contributed by atoms with Gasteiger partial charge in [0.1, 0.15) is 11.6 Å². The summed E-state index contributed by atoms with van der Waals surface area (Å²) in [5.41, 5.74) is 0.464. The fraction of sp³-hybridized carbons (Fsp3) is 0.500. The third kappa shape index (κ3) is 2.54. The molecule has 118 valence electrons. The van der Waals surface area contributed by atoms with E-state index >= 15 is 0 Å². The molecular weight excluding hydrogens is 282 g/mol. The van der Waals surface area contributed by atoms with Crippen molar-refractivity contribution in [1.29, 1.82) is 0 Å². The summed E-state index contributed by atoms with van der Waals surface area (Å²) < 4.78 is 1.80. The molecule has 0 saturated carbocycles. The molecule has 1 aliphatic heterocycles. The Morgan fingerprint density at radius 3 is 2.64 bits per heavy atom. The predicted octanol–water partition coefficient (Wildman–Crippen LogP) is 2.33. The van der Waals surface area contributed by atoms with Crippen LogP contribution >= 0.6 is 0 Å². The molecule has 0 amide bonds. The number of carbonyl (C=O) groups is 1. The lowest BCUT2D eigenvalue weighted by atomic mass is 9.95. The summed E-state index contributed by atoms with van der Waals surface area (Å²) in [4.78, 5) is 18.2. The lowest BCUT2D eigenvalue weighted by molar-refractivity contribution is 0.0693. The maximum atomic E-state index is 11.4. The van der Waals surface area contributed by atoms with E-state index in [1.54, 1.807) is 16.7 Å². The number of carboxylic acids is 1. The van der Waals surface area contributed by atoms with Crippen molar-refractivity contribution in [2.45, 2.75) is 38.6 Å². The largest absolute Gasteiger partial charge is 0.508 e. The molecule has 0 unspecified atom stereocenters. The van der Waals surface area contributed by atoms with Crippen LogP contribution in [0.4, 0.5) is 0 Å². The molecule has 22 heavy (non-hydrogen) atoms. The molecule has 1 fully saturated rings. The average Bonchev–Trinajstić information content (AvgIpc) is 2.86. The number of carboxylic acid groups (broad SMARTS) is 1. The number of hydrogen-bond donors (Lipinski definition) is 2. The number of aromatic carboxylic acids is 1. The summed E-state index contributed by atoms with van der Waals surface area (Å²) in [5, 5.41) is 18.9. The second-order valence-electron chi connectivity index (χ2n) is 6.17. The summed E-state index contributed by atoms with van der Waals surface area (Å²) in [7, 11) is 0. The lowest BCUT2D eigenvalue weighted by Gasteiger charge is -2.34. The van der Waals surface area contributed by atoms with E-state index in [-0.39, 0.29) is 17.4 Å². The number of aromatic nitrogens is 2. The van der Waals surface area contributed by atoms with Gasteiger partial charge < -0.3 is 19.5 Å². The number of fused-ring (bicyclic) bond motifs is 1. The number of aromatic hydroxyl groups is 1. The Kier molecular flexibility index (Phi) is 3.78. The summed E-state index contributed by atoms with van der Waals surface area (Å²) >= 11 is 0. The molecule has 6 nitrogen and oxygen atoms in total. The maximum absolute atomic E-state index is 11.4. The predicted molar refractivity (Wildman–Crippen MR) is 82.5 cm³/mol. The van der Waals surface area contributed by atoms with E-state index in [1.165, 1.54) is 6.07 Å². The van der Waals surface area contributed by atoms with E-state index in [1.807, 2.05) is 0 Å².